The molecule has 0 aliphatic carbocycles. The minimum absolute atomic E-state index is 0.0122. The molecule has 3 atom stereocenters. The first-order valence-electron chi connectivity index (χ1n) is 23.5. The maximum absolute atomic E-state index is 12.8. The van der Waals surface area contributed by atoms with Gasteiger partial charge in [0.1, 0.15) is 13.2 Å². The summed E-state index contributed by atoms with van der Waals surface area (Å²) in [5.41, 5.74) is 0. The largest absolute Gasteiger partial charge is 0.756 e. The van der Waals surface area contributed by atoms with Gasteiger partial charge in [0.2, 0.25) is 5.91 Å². The quantitative estimate of drug-likeness (QED) is 0.0275. The standard InChI is InChI=1S/C48H91N2O6P/c1-6-8-10-12-14-16-18-19-20-21-22-23-24-25-26-27-28-29-30-31-32-33-35-37-39-41-47(51)46(45-56-57(53,54)55-44-43-50(3,4)5)49-48(52)42-40-38-36-34-17-15-13-11-9-7-2/h13,15,28-29,32-33,39,41,46-47,51H,6-12,14,16-27,30-31,34-38,40,42-45H2,1-5H3,(H-,49,52,53,54)/b15-13-,29-28+,33-32+,41-39+. The second kappa shape index (κ2) is 39.9. The van der Waals surface area contributed by atoms with E-state index in [0.29, 0.717) is 17.4 Å². The molecular weight excluding hydrogens is 732 g/mol. The summed E-state index contributed by atoms with van der Waals surface area (Å²) in [5, 5.41) is 13.7. The van der Waals surface area contributed by atoms with E-state index < -0.39 is 26.6 Å². The fourth-order valence-corrected chi connectivity index (χ4v) is 7.18. The lowest BCUT2D eigenvalue weighted by molar-refractivity contribution is -0.870. The predicted molar refractivity (Wildman–Crippen MR) is 242 cm³/mol. The molecule has 3 unspecified atom stereocenters. The molecule has 0 saturated heterocycles. The number of phosphoric ester groups is 1. The smallest absolute Gasteiger partial charge is 0.268 e. The first-order valence-corrected chi connectivity index (χ1v) is 25.0. The lowest BCUT2D eigenvalue weighted by Gasteiger charge is -2.29. The van der Waals surface area contributed by atoms with Crippen molar-refractivity contribution < 1.29 is 32.9 Å². The number of rotatable bonds is 42. The van der Waals surface area contributed by atoms with Gasteiger partial charge in [-0.2, -0.15) is 0 Å². The van der Waals surface area contributed by atoms with E-state index in [1.54, 1.807) is 6.08 Å². The van der Waals surface area contributed by atoms with Gasteiger partial charge in [-0.05, 0) is 64.2 Å². The molecule has 1 amide bonds. The fraction of sp³-hybridized carbons (Fsp3) is 0.812. The van der Waals surface area contributed by atoms with E-state index in [-0.39, 0.29) is 12.5 Å². The number of aliphatic hydroxyl groups excluding tert-OH is 1. The molecule has 0 bridgehead atoms. The third-order valence-corrected chi connectivity index (χ3v) is 11.2. The zero-order chi connectivity index (χ0) is 42.1. The molecule has 57 heavy (non-hydrogen) atoms. The summed E-state index contributed by atoms with van der Waals surface area (Å²) in [7, 11) is 1.22. The molecule has 0 aliphatic rings. The highest BCUT2D eigenvalue weighted by molar-refractivity contribution is 7.45. The molecule has 0 aromatic rings. The Morgan fingerprint density at radius 3 is 1.47 bits per heavy atom. The molecule has 0 aromatic carbocycles. The normalized spacial score (nSPS) is 14.7. The number of allylic oxidation sites excluding steroid dienone is 7. The van der Waals surface area contributed by atoms with E-state index in [9.17, 15) is 19.4 Å². The van der Waals surface area contributed by atoms with Crippen LogP contribution < -0.4 is 10.2 Å². The Kier molecular flexibility index (Phi) is 38.8. The van der Waals surface area contributed by atoms with E-state index in [0.717, 1.165) is 64.2 Å². The van der Waals surface area contributed by atoms with E-state index >= 15 is 0 Å². The van der Waals surface area contributed by atoms with Gasteiger partial charge >= 0.3 is 0 Å². The van der Waals surface area contributed by atoms with Crippen molar-refractivity contribution >= 4 is 13.7 Å². The van der Waals surface area contributed by atoms with Gasteiger partial charge in [0.05, 0.1) is 39.9 Å². The average Bonchev–Trinajstić information content (AvgIpc) is 3.16. The minimum atomic E-state index is -4.60. The van der Waals surface area contributed by atoms with Crippen LogP contribution in [0.15, 0.2) is 48.6 Å². The van der Waals surface area contributed by atoms with Crippen molar-refractivity contribution in [2.24, 2.45) is 0 Å². The summed E-state index contributed by atoms with van der Waals surface area (Å²) in [5.74, 6) is -0.228. The van der Waals surface area contributed by atoms with Crippen molar-refractivity contribution in [3.05, 3.63) is 48.6 Å². The van der Waals surface area contributed by atoms with Crippen LogP contribution in [-0.2, 0) is 18.4 Å². The second-order valence-corrected chi connectivity index (χ2v) is 18.5. The monoisotopic (exact) mass is 823 g/mol. The van der Waals surface area contributed by atoms with E-state index in [2.05, 4.69) is 55.6 Å². The van der Waals surface area contributed by atoms with Crippen molar-refractivity contribution in [2.75, 3.05) is 40.9 Å². The molecule has 8 nitrogen and oxygen atoms in total. The van der Waals surface area contributed by atoms with Gasteiger partial charge in [0.25, 0.3) is 7.82 Å². The van der Waals surface area contributed by atoms with Gasteiger partial charge in [-0.3, -0.25) is 9.36 Å². The van der Waals surface area contributed by atoms with Crippen LogP contribution in [0.2, 0.25) is 0 Å². The topological polar surface area (TPSA) is 108 Å². The molecule has 0 fully saturated rings. The van der Waals surface area contributed by atoms with Crippen LogP contribution in [0.5, 0.6) is 0 Å². The minimum Gasteiger partial charge on any atom is -0.756 e. The average molecular weight is 823 g/mol. The summed E-state index contributed by atoms with van der Waals surface area (Å²) in [4.78, 5) is 25.2. The van der Waals surface area contributed by atoms with E-state index in [1.165, 1.54) is 116 Å². The van der Waals surface area contributed by atoms with Crippen LogP contribution in [0, 0.1) is 0 Å². The molecule has 2 N–H and O–H groups in total. The zero-order valence-electron chi connectivity index (χ0n) is 37.8. The number of amides is 1. The van der Waals surface area contributed by atoms with E-state index in [4.69, 9.17) is 9.05 Å². The highest BCUT2D eigenvalue weighted by Crippen LogP contribution is 2.38. The number of nitrogens with one attached hydrogen (secondary N) is 1. The highest BCUT2D eigenvalue weighted by Gasteiger charge is 2.23. The van der Waals surface area contributed by atoms with E-state index in [1.807, 2.05) is 27.2 Å². The Balaban J connectivity index is 4.34. The lowest BCUT2D eigenvalue weighted by atomic mass is 10.0. The second-order valence-electron chi connectivity index (χ2n) is 17.1. The Hall–Kier alpha value is -1.54. The molecule has 0 radical (unpaired) electrons. The maximum atomic E-state index is 12.8. The molecule has 9 heteroatoms. The summed E-state index contributed by atoms with van der Waals surface area (Å²) in [6, 6.07) is -0.914. The van der Waals surface area contributed by atoms with Crippen molar-refractivity contribution in [2.45, 2.75) is 212 Å². The molecule has 0 rings (SSSR count). The van der Waals surface area contributed by atoms with Crippen molar-refractivity contribution in [1.29, 1.82) is 0 Å². The summed E-state index contributed by atoms with van der Waals surface area (Å²) < 4.78 is 23.1. The molecule has 334 valence electrons. The molecule has 0 spiro atoms. The highest BCUT2D eigenvalue weighted by atomic mass is 31.2. The summed E-state index contributed by atoms with van der Waals surface area (Å²) in [6.45, 7) is 4.55. The van der Waals surface area contributed by atoms with Gasteiger partial charge in [0, 0.05) is 6.42 Å². The Morgan fingerprint density at radius 1 is 0.596 bits per heavy atom. The zero-order valence-corrected chi connectivity index (χ0v) is 38.7. The number of hydrogen-bond donors (Lipinski definition) is 2. The Labute approximate surface area is 352 Å². The molecule has 0 aromatic heterocycles. The third kappa shape index (κ3) is 42.4. The third-order valence-electron chi connectivity index (χ3n) is 10.2. The van der Waals surface area contributed by atoms with Crippen LogP contribution in [0.1, 0.15) is 200 Å². The molecular formula is C48H91N2O6P. The van der Waals surface area contributed by atoms with Crippen LogP contribution in [0.4, 0.5) is 0 Å². The SMILES string of the molecule is CCCC/C=C\CCCCCCC(=O)NC(COP(=O)([O-])OCC[N+](C)(C)C)C(O)/C=C/CC/C=C/CC/C=C/CCCCCCCCCCCCCCCCC. The van der Waals surface area contributed by atoms with Crippen LogP contribution in [-0.4, -0.2) is 68.5 Å². The van der Waals surface area contributed by atoms with Crippen LogP contribution >= 0.6 is 7.82 Å². The summed E-state index contributed by atoms with van der Waals surface area (Å²) >= 11 is 0. The number of likely N-dealkylation sites (N-methyl/N-ethyl adjacent to an activating group) is 1. The number of carbonyl (C=O) groups excluding carboxylic acids is 1. The first-order chi connectivity index (χ1) is 27.5. The summed E-state index contributed by atoms with van der Waals surface area (Å²) in [6.07, 6.45) is 50.4. The first kappa shape index (κ1) is 55.5. The van der Waals surface area contributed by atoms with Crippen LogP contribution in [0.3, 0.4) is 0 Å². The van der Waals surface area contributed by atoms with Crippen molar-refractivity contribution in [3.63, 3.8) is 0 Å². The van der Waals surface area contributed by atoms with Gasteiger partial charge in [-0.15, -0.1) is 0 Å². The van der Waals surface area contributed by atoms with Crippen molar-refractivity contribution in [3.8, 4) is 0 Å². The number of unbranched alkanes of at least 4 members (excludes halogenated alkanes) is 23. The number of aliphatic hydroxyl groups is 1. The van der Waals surface area contributed by atoms with Crippen LogP contribution in [0.25, 0.3) is 0 Å². The van der Waals surface area contributed by atoms with Gasteiger partial charge in [-0.25, -0.2) is 0 Å². The maximum Gasteiger partial charge on any atom is 0.268 e. The van der Waals surface area contributed by atoms with Crippen molar-refractivity contribution in [1.82, 2.24) is 5.32 Å². The molecule has 0 aliphatic heterocycles. The number of carbonyl (C=O) groups is 1. The number of phosphoric acid groups is 1. The van der Waals surface area contributed by atoms with Gasteiger partial charge in [0.15, 0.2) is 0 Å². The fourth-order valence-electron chi connectivity index (χ4n) is 6.46. The predicted octanol–water partition coefficient (Wildman–Crippen LogP) is 12.6. The van der Waals surface area contributed by atoms with Gasteiger partial charge in [-0.1, -0.05) is 178 Å². The number of nitrogens with zero attached hydrogens (tertiary/aromatic N) is 1. The molecule has 0 heterocycles. The van der Waals surface area contributed by atoms with Gasteiger partial charge < -0.3 is 28.8 Å². The lowest BCUT2D eigenvalue weighted by Crippen LogP contribution is -2.45. The number of hydrogen-bond acceptors (Lipinski definition) is 6. The molecule has 0 saturated carbocycles. The number of quaternary nitrogens is 1. The Bertz CT molecular complexity index is 1070. The Morgan fingerprint density at radius 2 is 1.00 bits per heavy atom.